The minimum atomic E-state index is -0.494. The van der Waals surface area contributed by atoms with Crippen molar-refractivity contribution in [1.82, 2.24) is 88.6 Å². The minimum absolute atomic E-state index is 0.163. The third-order valence-electron chi connectivity index (χ3n) is 15.0. The molecule has 3 aromatic carbocycles. The highest BCUT2D eigenvalue weighted by molar-refractivity contribution is 5.80. The van der Waals surface area contributed by atoms with E-state index in [1.807, 2.05) is 155 Å². The molecule has 0 amide bonds. The van der Waals surface area contributed by atoms with Gasteiger partial charge in [0.05, 0.1) is 76.6 Å². The number of aromatic amines is 3. The standard InChI is InChI=1S/C66H51F2N21/c1-37-8-4-13-50(74-37)62-59(42-19-25-56-72-36-73-87(56)33-42)77-53(80-62)30-69-46-22-16-40(17-23-46)65-83-57-26-20-43(34-88(57)85-65)61-64(52-15-6-10-39(3)76-52)82-55(79-61)32-71-49-24-18-41(28-48(49)68)66-84-58-27-21-44(35-89(58)86-66)60-63(51-14-5-9-38(2)75-51)81-54(78-60)31-70-47-12-7-11-45(67)29-47/h4-29,33-36,69-71H,30-32H2,1-3H3,(H,77,80)(H,78,81)(H,79,82). The average molecular weight is 1180 g/mol. The van der Waals surface area contributed by atoms with Gasteiger partial charge in [0.15, 0.2) is 28.6 Å². The van der Waals surface area contributed by atoms with Gasteiger partial charge < -0.3 is 30.9 Å². The predicted octanol–water partition coefficient (Wildman–Crippen LogP) is 12.5. The number of benzene rings is 3. The molecule has 0 fully saturated rings. The first-order valence-electron chi connectivity index (χ1n) is 28.5. The number of aryl methyl sites for hydroxylation is 3. The van der Waals surface area contributed by atoms with E-state index < -0.39 is 5.82 Å². The molecule has 0 unspecified atom stereocenters. The molecule has 0 radical (unpaired) electrons. The number of H-pyrrole nitrogens is 3. The number of aromatic nitrogens is 18. The molecule has 15 rings (SSSR count). The maximum atomic E-state index is 16.2. The van der Waals surface area contributed by atoms with Gasteiger partial charge in [-0.3, -0.25) is 15.0 Å². The second-order valence-electron chi connectivity index (χ2n) is 21.3. The Kier molecular flexibility index (Phi) is 13.5. The average Bonchev–Trinajstić information content (AvgIpc) is 1.96. The van der Waals surface area contributed by atoms with E-state index in [9.17, 15) is 4.39 Å². The van der Waals surface area contributed by atoms with Crippen molar-refractivity contribution >= 4 is 34.0 Å². The van der Waals surface area contributed by atoms with Crippen molar-refractivity contribution in [3.05, 3.63) is 229 Å². The molecule has 23 heteroatoms. The van der Waals surface area contributed by atoms with E-state index in [0.29, 0.717) is 93.1 Å². The van der Waals surface area contributed by atoms with E-state index in [1.54, 1.807) is 37.8 Å². The number of hydrogen-bond donors (Lipinski definition) is 6. The zero-order chi connectivity index (χ0) is 60.1. The quantitative estimate of drug-likeness (QED) is 0.0496. The van der Waals surface area contributed by atoms with Crippen molar-refractivity contribution in [2.45, 2.75) is 40.4 Å². The van der Waals surface area contributed by atoms with Gasteiger partial charge in [-0.25, -0.2) is 52.2 Å². The first-order valence-corrected chi connectivity index (χ1v) is 28.5. The van der Waals surface area contributed by atoms with E-state index in [-0.39, 0.29) is 18.0 Å². The number of anilines is 3. The molecule has 434 valence electrons. The maximum absolute atomic E-state index is 16.2. The summed E-state index contributed by atoms with van der Waals surface area (Å²) in [6.45, 7) is 6.73. The summed E-state index contributed by atoms with van der Waals surface area (Å²) in [5.41, 5.74) is 16.5. The van der Waals surface area contributed by atoms with Gasteiger partial charge in [0, 0.05) is 74.9 Å². The number of fused-ring (bicyclic) bond motifs is 3. The first kappa shape index (κ1) is 53.6. The summed E-state index contributed by atoms with van der Waals surface area (Å²) in [7, 11) is 0. The van der Waals surface area contributed by atoms with E-state index >= 15 is 4.39 Å². The Morgan fingerprint density at radius 1 is 0.404 bits per heavy atom. The third-order valence-corrected chi connectivity index (χ3v) is 15.0. The van der Waals surface area contributed by atoms with Crippen molar-refractivity contribution in [1.29, 1.82) is 0 Å². The number of nitrogens with zero attached hydrogens (tertiary/aromatic N) is 15. The Morgan fingerprint density at radius 3 is 1.38 bits per heavy atom. The lowest BCUT2D eigenvalue weighted by Crippen LogP contribution is -2.03. The molecule has 21 nitrogen and oxygen atoms in total. The van der Waals surface area contributed by atoms with Gasteiger partial charge in [0.2, 0.25) is 0 Å². The van der Waals surface area contributed by atoms with Gasteiger partial charge in [0.25, 0.3) is 0 Å². The van der Waals surface area contributed by atoms with Crippen LogP contribution in [0.5, 0.6) is 0 Å². The van der Waals surface area contributed by atoms with Crippen LogP contribution in [0.2, 0.25) is 0 Å². The zero-order valence-electron chi connectivity index (χ0n) is 47.9. The van der Waals surface area contributed by atoms with Crippen molar-refractivity contribution < 1.29 is 8.78 Å². The monoisotopic (exact) mass is 1180 g/mol. The van der Waals surface area contributed by atoms with E-state index in [2.05, 4.69) is 41.0 Å². The number of pyridine rings is 6. The largest absolute Gasteiger partial charge is 0.378 e. The summed E-state index contributed by atoms with van der Waals surface area (Å²) in [6.07, 6.45) is 7.17. The second-order valence-corrected chi connectivity index (χ2v) is 21.3. The summed E-state index contributed by atoms with van der Waals surface area (Å²) in [5, 5.41) is 24.0. The van der Waals surface area contributed by atoms with Crippen molar-refractivity contribution in [3.8, 4) is 90.7 Å². The van der Waals surface area contributed by atoms with Crippen LogP contribution in [0, 0.1) is 32.4 Å². The third kappa shape index (κ3) is 10.9. The van der Waals surface area contributed by atoms with Crippen LogP contribution in [0.3, 0.4) is 0 Å². The lowest BCUT2D eigenvalue weighted by Gasteiger charge is -2.07. The van der Waals surface area contributed by atoms with Crippen molar-refractivity contribution in [3.63, 3.8) is 0 Å². The molecule has 15 aromatic rings. The van der Waals surface area contributed by atoms with Crippen LogP contribution >= 0.6 is 0 Å². The maximum Gasteiger partial charge on any atom is 0.182 e. The number of imidazole rings is 3. The molecular formula is C66H51F2N21. The molecule has 0 saturated heterocycles. The smallest absolute Gasteiger partial charge is 0.182 e. The SMILES string of the molecule is Cc1cccc(-c2[nH]c(CNc3ccc(-c4nc5ccc(-c6nc(CNc7ccc(-c8nc9ccc(-c%10nc(CNc%11cccc(F)c%11)[nH]c%10-c%10cccc(C)n%10)cn9n8)cc7F)[nH]c6-c6cccc(C)n6)cn5n4)cc3)nc2-c2ccc3ncnn3c2)n1. The summed E-state index contributed by atoms with van der Waals surface area (Å²) < 4.78 is 35.3. The van der Waals surface area contributed by atoms with Crippen LogP contribution in [0.25, 0.3) is 108 Å². The molecule has 0 aliphatic heterocycles. The fraction of sp³-hybridized carbons (Fsp3) is 0.0909. The van der Waals surface area contributed by atoms with Crippen molar-refractivity contribution in [2.24, 2.45) is 0 Å². The Morgan fingerprint density at radius 2 is 0.865 bits per heavy atom. The molecule has 12 aromatic heterocycles. The molecule has 0 atom stereocenters. The van der Waals surface area contributed by atoms with E-state index in [4.69, 9.17) is 50.1 Å². The van der Waals surface area contributed by atoms with Gasteiger partial charge in [-0.2, -0.15) is 5.10 Å². The van der Waals surface area contributed by atoms with E-state index in [1.165, 1.54) is 24.5 Å². The Hall–Kier alpha value is -12.1. The lowest BCUT2D eigenvalue weighted by atomic mass is 10.1. The highest BCUT2D eigenvalue weighted by atomic mass is 19.1. The molecule has 6 N–H and O–H groups in total. The molecule has 0 saturated carbocycles. The second kappa shape index (κ2) is 22.4. The molecule has 0 aliphatic carbocycles. The van der Waals surface area contributed by atoms with Gasteiger partial charge in [-0.05, 0) is 154 Å². The minimum Gasteiger partial charge on any atom is -0.378 e. The van der Waals surface area contributed by atoms with Gasteiger partial charge >= 0.3 is 0 Å². The van der Waals surface area contributed by atoms with Crippen molar-refractivity contribution in [2.75, 3.05) is 16.0 Å². The number of halogens is 2. The van der Waals surface area contributed by atoms with Crippen LogP contribution in [-0.4, -0.2) is 88.6 Å². The van der Waals surface area contributed by atoms with Crippen LogP contribution in [0.1, 0.15) is 34.6 Å². The Bertz CT molecular complexity index is 5150. The molecule has 12 heterocycles. The zero-order valence-corrected chi connectivity index (χ0v) is 47.9. The molecule has 0 spiro atoms. The van der Waals surface area contributed by atoms with E-state index in [0.717, 1.165) is 73.6 Å². The fourth-order valence-electron chi connectivity index (χ4n) is 10.7. The molecular weight excluding hydrogens is 1120 g/mol. The number of hydrogen-bond acceptors (Lipinski definition) is 15. The van der Waals surface area contributed by atoms with Crippen LogP contribution < -0.4 is 16.0 Å². The molecule has 0 bridgehead atoms. The number of nitrogens with one attached hydrogen (secondary N) is 6. The summed E-state index contributed by atoms with van der Waals surface area (Å²) in [6, 6.07) is 48.1. The molecule has 89 heavy (non-hydrogen) atoms. The highest BCUT2D eigenvalue weighted by Crippen LogP contribution is 2.35. The summed E-state index contributed by atoms with van der Waals surface area (Å²) >= 11 is 0. The normalized spacial score (nSPS) is 11.6. The van der Waals surface area contributed by atoms with Gasteiger partial charge in [0.1, 0.15) is 35.4 Å². The predicted molar refractivity (Wildman–Crippen MR) is 335 cm³/mol. The topological polar surface area (TPSA) is 251 Å². The number of rotatable bonds is 17. The van der Waals surface area contributed by atoms with Gasteiger partial charge in [-0.1, -0.05) is 24.3 Å². The Labute approximate surface area is 505 Å². The highest BCUT2D eigenvalue weighted by Gasteiger charge is 2.22. The first-order chi connectivity index (χ1) is 43.5. The lowest BCUT2D eigenvalue weighted by molar-refractivity contribution is 0.628. The summed E-state index contributed by atoms with van der Waals surface area (Å²) in [4.78, 5) is 53.8. The summed E-state index contributed by atoms with van der Waals surface area (Å²) in [5.74, 6) is 1.98. The fourth-order valence-corrected chi connectivity index (χ4v) is 10.7. The van der Waals surface area contributed by atoms with Crippen LogP contribution in [-0.2, 0) is 19.6 Å². The molecule has 0 aliphatic rings. The van der Waals surface area contributed by atoms with Crippen LogP contribution in [0.4, 0.5) is 25.8 Å². The Balaban J connectivity index is 0.643. The van der Waals surface area contributed by atoms with Gasteiger partial charge in [-0.15, -0.1) is 10.2 Å². The van der Waals surface area contributed by atoms with Crippen LogP contribution in [0.15, 0.2) is 183 Å².